The summed E-state index contributed by atoms with van der Waals surface area (Å²) in [5.74, 6) is 1.73. The normalized spacial score (nSPS) is 10.6. The highest BCUT2D eigenvalue weighted by Gasteiger charge is 2.18. The van der Waals surface area contributed by atoms with Gasteiger partial charge in [-0.15, -0.1) is 0 Å². The molecule has 0 spiro atoms. The van der Waals surface area contributed by atoms with Crippen molar-refractivity contribution in [1.82, 2.24) is 4.90 Å². The van der Waals surface area contributed by atoms with Crippen LogP contribution in [0.1, 0.15) is 56.6 Å². The minimum atomic E-state index is 0.128. The lowest BCUT2D eigenvalue weighted by atomic mass is 10.1. The lowest BCUT2D eigenvalue weighted by Crippen LogP contribution is -2.32. The van der Waals surface area contributed by atoms with E-state index in [1.807, 2.05) is 35.2 Å². The van der Waals surface area contributed by atoms with Gasteiger partial charge >= 0.3 is 0 Å². The summed E-state index contributed by atoms with van der Waals surface area (Å²) in [6.45, 7) is 3.44. The molecule has 0 saturated carbocycles. The summed E-state index contributed by atoms with van der Waals surface area (Å²) in [6, 6.07) is 12.8. The second-order valence-corrected chi connectivity index (χ2v) is 7.55. The quantitative estimate of drug-likeness (QED) is 0.450. The first-order valence-corrected chi connectivity index (χ1v) is 10.8. The van der Waals surface area contributed by atoms with Crippen LogP contribution in [0.3, 0.4) is 0 Å². The van der Waals surface area contributed by atoms with Gasteiger partial charge in [-0.3, -0.25) is 4.79 Å². The second kappa shape index (κ2) is 12.8. The number of aromatic hydroxyl groups is 1. The van der Waals surface area contributed by atoms with Crippen molar-refractivity contribution in [2.24, 2.45) is 0 Å². The first-order chi connectivity index (χ1) is 14.6. The molecule has 0 saturated heterocycles. The van der Waals surface area contributed by atoms with Crippen LogP contribution in [0.15, 0.2) is 42.5 Å². The van der Waals surface area contributed by atoms with E-state index in [1.165, 1.54) is 19.3 Å². The van der Waals surface area contributed by atoms with Crippen LogP contribution >= 0.6 is 0 Å². The highest BCUT2D eigenvalue weighted by molar-refractivity contribution is 5.76. The summed E-state index contributed by atoms with van der Waals surface area (Å²) >= 11 is 0. The monoisotopic (exact) mass is 413 g/mol. The summed E-state index contributed by atoms with van der Waals surface area (Å²) in [5, 5.41) is 9.44. The van der Waals surface area contributed by atoms with E-state index in [0.717, 1.165) is 30.5 Å². The third-order valence-electron chi connectivity index (χ3n) is 5.29. The zero-order valence-corrected chi connectivity index (χ0v) is 18.5. The number of para-hydroxylation sites is 1. The molecule has 1 amide bonds. The van der Waals surface area contributed by atoms with Crippen LogP contribution in [0.5, 0.6) is 17.2 Å². The van der Waals surface area contributed by atoms with Crippen LogP contribution in [0, 0.1) is 0 Å². The zero-order chi connectivity index (χ0) is 21.8. The molecule has 1 N–H and O–H groups in total. The first-order valence-electron chi connectivity index (χ1n) is 10.8. The molecule has 0 heterocycles. The molecule has 0 aromatic heterocycles. The van der Waals surface area contributed by atoms with Crippen LogP contribution < -0.4 is 9.47 Å². The van der Waals surface area contributed by atoms with Crippen molar-refractivity contribution in [3.05, 3.63) is 53.6 Å². The van der Waals surface area contributed by atoms with Crippen molar-refractivity contribution in [3.63, 3.8) is 0 Å². The molecule has 5 nitrogen and oxygen atoms in total. The Morgan fingerprint density at radius 2 is 1.70 bits per heavy atom. The predicted octanol–water partition coefficient (Wildman–Crippen LogP) is 5.34. The Balaban J connectivity index is 2.07. The summed E-state index contributed by atoms with van der Waals surface area (Å²) in [7, 11) is 3.25. The van der Waals surface area contributed by atoms with Gasteiger partial charge in [-0.1, -0.05) is 56.9 Å². The number of carbonyl (C=O) groups is 1. The van der Waals surface area contributed by atoms with Gasteiger partial charge < -0.3 is 19.5 Å². The fourth-order valence-corrected chi connectivity index (χ4v) is 3.55. The number of phenols is 1. The van der Waals surface area contributed by atoms with E-state index in [4.69, 9.17) is 9.47 Å². The number of unbranched alkanes of at least 4 members (excludes halogenated alkanes) is 4. The molecule has 0 radical (unpaired) electrons. The van der Waals surface area contributed by atoms with Gasteiger partial charge in [-0.25, -0.2) is 0 Å². The molecule has 5 heteroatoms. The maximum atomic E-state index is 13.1. The van der Waals surface area contributed by atoms with Crippen molar-refractivity contribution >= 4 is 5.91 Å². The Bertz CT molecular complexity index is 773. The maximum absolute atomic E-state index is 13.1. The summed E-state index contributed by atoms with van der Waals surface area (Å²) < 4.78 is 11.0. The lowest BCUT2D eigenvalue weighted by molar-refractivity contribution is -0.131. The molecular weight excluding hydrogens is 378 g/mol. The molecule has 2 rings (SSSR count). The number of benzene rings is 2. The Kier molecular flexibility index (Phi) is 10.1. The topological polar surface area (TPSA) is 59.0 Å². The number of rotatable bonds is 13. The molecule has 2 aromatic carbocycles. The standard InChI is InChI=1S/C25H35NO4/c1-4-5-6-7-8-18-26(19-21-10-9-11-23(29-2)25(21)30-3)24(28)17-14-20-12-15-22(27)16-13-20/h9-13,15-16,27H,4-8,14,17-19H2,1-3H3. The van der Waals surface area contributed by atoms with Gasteiger partial charge in [0.1, 0.15) is 5.75 Å². The highest BCUT2D eigenvalue weighted by atomic mass is 16.5. The van der Waals surface area contributed by atoms with E-state index in [1.54, 1.807) is 26.4 Å². The van der Waals surface area contributed by atoms with Crippen LogP contribution in [0.2, 0.25) is 0 Å². The number of phenolic OH excluding ortho intramolecular Hbond substituents is 1. The average molecular weight is 414 g/mol. The number of aryl methyl sites for hydroxylation is 1. The highest BCUT2D eigenvalue weighted by Crippen LogP contribution is 2.31. The molecule has 0 aliphatic rings. The maximum Gasteiger partial charge on any atom is 0.223 e. The predicted molar refractivity (Wildman–Crippen MR) is 120 cm³/mol. The van der Waals surface area contributed by atoms with Gasteiger partial charge in [0.25, 0.3) is 0 Å². The molecule has 2 aromatic rings. The fourth-order valence-electron chi connectivity index (χ4n) is 3.55. The van der Waals surface area contributed by atoms with Crippen molar-refractivity contribution in [1.29, 1.82) is 0 Å². The minimum absolute atomic E-state index is 0.128. The minimum Gasteiger partial charge on any atom is -0.508 e. The van der Waals surface area contributed by atoms with E-state index in [9.17, 15) is 9.90 Å². The van der Waals surface area contributed by atoms with E-state index < -0.39 is 0 Å². The van der Waals surface area contributed by atoms with Crippen LogP contribution in [-0.4, -0.2) is 36.7 Å². The number of carbonyl (C=O) groups excluding carboxylic acids is 1. The van der Waals surface area contributed by atoms with Crippen molar-refractivity contribution < 1.29 is 19.4 Å². The lowest BCUT2D eigenvalue weighted by Gasteiger charge is -2.24. The van der Waals surface area contributed by atoms with E-state index in [2.05, 4.69) is 6.92 Å². The summed E-state index contributed by atoms with van der Waals surface area (Å²) in [4.78, 5) is 15.0. The largest absolute Gasteiger partial charge is 0.508 e. The Labute approximate surface area is 180 Å². The molecule has 0 aliphatic heterocycles. The SMILES string of the molecule is CCCCCCCN(Cc1cccc(OC)c1OC)C(=O)CCc1ccc(O)cc1. The van der Waals surface area contributed by atoms with Crippen molar-refractivity contribution in [3.8, 4) is 17.2 Å². The molecule has 0 atom stereocenters. The third kappa shape index (κ3) is 7.29. The van der Waals surface area contributed by atoms with Gasteiger partial charge in [0.05, 0.1) is 14.2 Å². The molecular formula is C25H35NO4. The zero-order valence-electron chi connectivity index (χ0n) is 18.5. The Hall–Kier alpha value is -2.69. The second-order valence-electron chi connectivity index (χ2n) is 7.55. The molecule has 0 fully saturated rings. The third-order valence-corrected chi connectivity index (χ3v) is 5.29. The van der Waals surface area contributed by atoms with Gasteiger partial charge in [0.2, 0.25) is 5.91 Å². The van der Waals surface area contributed by atoms with E-state index in [-0.39, 0.29) is 11.7 Å². The van der Waals surface area contributed by atoms with Crippen molar-refractivity contribution in [2.75, 3.05) is 20.8 Å². The van der Waals surface area contributed by atoms with Crippen molar-refractivity contribution in [2.45, 2.75) is 58.4 Å². The number of methoxy groups -OCH3 is 2. The first kappa shape index (κ1) is 23.6. The number of ether oxygens (including phenoxy) is 2. The Morgan fingerprint density at radius 3 is 2.37 bits per heavy atom. The van der Waals surface area contributed by atoms with Gasteiger partial charge in [-0.05, 0) is 36.6 Å². The van der Waals surface area contributed by atoms with E-state index in [0.29, 0.717) is 30.9 Å². The van der Waals surface area contributed by atoms with Gasteiger partial charge in [0, 0.05) is 25.1 Å². The molecule has 30 heavy (non-hydrogen) atoms. The number of nitrogens with zero attached hydrogens (tertiary/aromatic N) is 1. The van der Waals surface area contributed by atoms with Crippen LogP contribution in [0.25, 0.3) is 0 Å². The molecule has 0 aliphatic carbocycles. The Morgan fingerprint density at radius 1 is 0.967 bits per heavy atom. The average Bonchev–Trinajstić information content (AvgIpc) is 2.77. The number of hydrogen-bond donors (Lipinski definition) is 1. The number of amides is 1. The van der Waals surface area contributed by atoms with Crippen LogP contribution in [0.4, 0.5) is 0 Å². The van der Waals surface area contributed by atoms with Crippen LogP contribution in [-0.2, 0) is 17.8 Å². The summed E-state index contributed by atoms with van der Waals surface area (Å²) in [5.41, 5.74) is 1.99. The number of hydrogen-bond acceptors (Lipinski definition) is 4. The molecule has 0 unspecified atom stereocenters. The molecule has 0 bridgehead atoms. The summed E-state index contributed by atoms with van der Waals surface area (Å²) in [6.07, 6.45) is 6.86. The van der Waals surface area contributed by atoms with E-state index >= 15 is 0 Å². The van der Waals surface area contributed by atoms with Gasteiger partial charge in [-0.2, -0.15) is 0 Å². The fraction of sp³-hybridized carbons (Fsp3) is 0.480. The van der Waals surface area contributed by atoms with Gasteiger partial charge in [0.15, 0.2) is 11.5 Å². The molecule has 164 valence electrons. The smallest absolute Gasteiger partial charge is 0.223 e.